The SMILES string of the molecule is Cc1cc(Cl)ccc1OC(C)C(=O)OCc1cccc(C#N)c1. The van der Waals surface area contributed by atoms with Gasteiger partial charge in [0.25, 0.3) is 0 Å². The van der Waals surface area contributed by atoms with Crippen molar-refractivity contribution in [3.05, 3.63) is 64.2 Å². The van der Waals surface area contributed by atoms with E-state index in [-0.39, 0.29) is 6.61 Å². The number of nitriles is 1. The van der Waals surface area contributed by atoms with E-state index in [2.05, 4.69) is 0 Å². The molecule has 0 bridgehead atoms. The minimum absolute atomic E-state index is 0.0989. The smallest absolute Gasteiger partial charge is 0.347 e. The lowest BCUT2D eigenvalue weighted by Crippen LogP contribution is -2.26. The zero-order valence-electron chi connectivity index (χ0n) is 12.9. The highest BCUT2D eigenvalue weighted by Crippen LogP contribution is 2.23. The van der Waals surface area contributed by atoms with Crippen molar-refractivity contribution in [1.29, 1.82) is 5.26 Å². The molecule has 0 spiro atoms. The second-order valence-electron chi connectivity index (χ2n) is 5.09. The summed E-state index contributed by atoms with van der Waals surface area (Å²) in [6.45, 7) is 3.58. The number of rotatable bonds is 5. The molecule has 0 heterocycles. The average Bonchev–Trinajstić information content (AvgIpc) is 2.55. The quantitative estimate of drug-likeness (QED) is 0.777. The van der Waals surface area contributed by atoms with Gasteiger partial charge in [0.15, 0.2) is 6.10 Å². The number of aryl methyl sites for hydroxylation is 1. The first-order chi connectivity index (χ1) is 11.0. The Morgan fingerprint density at radius 1 is 1.30 bits per heavy atom. The van der Waals surface area contributed by atoms with E-state index in [0.717, 1.165) is 11.1 Å². The van der Waals surface area contributed by atoms with Crippen molar-refractivity contribution >= 4 is 17.6 Å². The van der Waals surface area contributed by atoms with Gasteiger partial charge >= 0.3 is 5.97 Å². The number of ether oxygens (including phenoxy) is 2. The molecule has 0 aliphatic carbocycles. The fourth-order valence-electron chi connectivity index (χ4n) is 1.99. The monoisotopic (exact) mass is 329 g/mol. The highest BCUT2D eigenvalue weighted by Gasteiger charge is 2.17. The summed E-state index contributed by atoms with van der Waals surface area (Å²) in [5.74, 6) is 0.118. The largest absolute Gasteiger partial charge is 0.479 e. The number of hydrogen-bond acceptors (Lipinski definition) is 4. The standard InChI is InChI=1S/C18H16ClNO3/c1-12-8-16(19)6-7-17(12)23-13(2)18(21)22-11-15-5-3-4-14(9-15)10-20/h3-9,13H,11H2,1-2H3. The Kier molecular flexibility index (Phi) is 5.61. The van der Waals surface area contributed by atoms with Gasteiger partial charge in [0, 0.05) is 5.02 Å². The molecule has 0 N–H and O–H groups in total. The molecule has 1 unspecified atom stereocenters. The number of esters is 1. The number of nitrogens with zero attached hydrogens (tertiary/aromatic N) is 1. The zero-order chi connectivity index (χ0) is 16.8. The van der Waals surface area contributed by atoms with E-state index in [1.165, 1.54) is 0 Å². The van der Waals surface area contributed by atoms with Crippen molar-refractivity contribution in [1.82, 2.24) is 0 Å². The van der Waals surface area contributed by atoms with Crippen LogP contribution in [0.2, 0.25) is 5.02 Å². The summed E-state index contributed by atoms with van der Waals surface area (Å²) in [6.07, 6.45) is -0.742. The molecule has 0 radical (unpaired) electrons. The summed E-state index contributed by atoms with van der Waals surface area (Å²) in [6, 6.07) is 14.2. The van der Waals surface area contributed by atoms with Crippen LogP contribution in [0.1, 0.15) is 23.6 Å². The van der Waals surface area contributed by atoms with Crippen molar-refractivity contribution in [2.45, 2.75) is 26.6 Å². The highest BCUT2D eigenvalue weighted by molar-refractivity contribution is 6.30. The molecule has 118 valence electrons. The predicted molar refractivity (Wildman–Crippen MR) is 87.2 cm³/mol. The van der Waals surface area contributed by atoms with E-state index in [0.29, 0.717) is 16.3 Å². The van der Waals surface area contributed by atoms with Gasteiger partial charge in [-0.2, -0.15) is 5.26 Å². The van der Waals surface area contributed by atoms with Crippen LogP contribution in [0.5, 0.6) is 5.75 Å². The third-order valence-electron chi connectivity index (χ3n) is 3.21. The van der Waals surface area contributed by atoms with Crippen molar-refractivity contribution in [2.75, 3.05) is 0 Å². The van der Waals surface area contributed by atoms with Gasteiger partial charge in [0.2, 0.25) is 0 Å². The van der Waals surface area contributed by atoms with Gasteiger partial charge in [-0.05, 0) is 55.3 Å². The van der Waals surface area contributed by atoms with E-state index in [1.54, 1.807) is 49.4 Å². The van der Waals surface area contributed by atoms with Crippen LogP contribution in [0.4, 0.5) is 0 Å². The Balaban J connectivity index is 1.93. The van der Waals surface area contributed by atoms with Crippen LogP contribution in [0.3, 0.4) is 0 Å². The summed E-state index contributed by atoms with van der Waals surface area (Å²) >= 11 is 5.89. The van der Waals surface area contributed by atoms with E-state index in [4.69, 9.17) is 26.3 Å². The van der Waals surface area contributed by atoms with Gasteiger partial charge in [0.05, 0.1) is 11.6 Å². The lowest BCUT2D eigenvalue weighted by atomic mass is 10.1. The molecular weight excluding hydrogens is 314 g/mol. The second kappa shape index (κ2) is 7.66. The molecule has 0 saturated heterocycles. The van der Waals surface area contributed by atoms with Crippen molar-refractivity contribution in [3.8, 4) is 11.8 Å². The Morgan fingerprint density at radius 2 is 2.09 bits per heavy atom. The summed E-state index contributed by atoms with van der Waals surface area (Å²) < 4.78 is 10.8. The van der Waals surface area contributed by atoms with Crippen LogP contribution in [-0.2, 0) is 16.1 Å². The first-order valence-electron chi connectivity index (χ1n) is 7.08. The fraction of sp³-hybridized carbons (Fsp3) is 0.222. The molecule has 0 aliphatic rings. The molecule has 0 fully saturated rings. The Hall–Kier alpha value is -2.51. The topological polar surface area (TPSA) is 59.3 Å². The molecule has 23 heavy (non-hydrogen) atoms. The molecule has 0 saturated carbocycles. The van der Waals surface area contributed by atoms with Gasteiger partial charge in [-0.25, -0.2) is 4.79 Å². The van der Waals surface area contributed by atoms with Gasteiger partial charge < -0.3 is 9.47 Å². The van der Waals surface area contributed by atoms with E-state index < -0.39 is 12.1 Å². The average molecular weight is 330 g/mol. The molecule has 2 aromatic carbocycles. The first kappa shape index (κ1) is 16.9. The van der Waals surface area contributed by atoms with Gasteiger partial charge in [-0.3, -0.25) is 0 Å². The van der Waals surface area contributed by atoms with Gasteiger partial charge in [-0.15, -0.1) is 0 Å². The van der Waals surface area contributed by atoms with Crippen LogP contribution in [0.15, 0.2) is 42.5 Å². The Bertz CT molecular complexity index is 752. The van der Waals surface area contributed by atoms with Crippen LogP contribution < -0.4 is 4.74 Å². The van der Waals surface area contributed by atoms with Crippen molar-refractivity contribution < 1.29 is 14.3 Å². The molecule has 0 aliphatic heterocycles. The number of benzene rings is 2. The van der Waals surface area contributed by atoms with Gasteiger partial charge in [-0.1, -0.05) is 23.7 Å². The predicted octanol–water partition coefficient (Wildman–Crippen LogP) is 4.03. The molecule has 4 nitrogen and oxygen atoms in total. The number of hydrogen-bond donors (Lipinski definition) is 0. The number of carbonyl (C=O) groups excluding carboxylic acids is 1. The van der Waals surface area contributed by atoms with Crippen molar-refractivity contribution in [3.63, 3.8) is 0 Å². The molecule has 1 atom stereocenters. The van der Waals surface area contributed by atoms with Crippen LogP contribution >= 0.6 is 11.6 Å². The minimum atomic E-state index is -0.742. The van der Waals surface area contributed by atoms with Crippen LogP contribution in [-0.4, -0.2) is 12.1 Å². The number of halogens is 1. The maximum absolute atomic E-state index is 12.0. The molecular formula is C18H16ClNO3. The lowest BCUT2D eigenvalue weighted by molar-refractivity contribution is -0.152. The second-order valence-corrected chi connectivity index (χ2v) is 5.53. The highest BCUT2D eigenvalue weighted by atomic mass is 35.5. The van der Waals surface area contributed by atoms with Crippen molar-refractivity contribution in [2.24, 2.45) is 0 Å². The first-order valence-corrected chi connectivity index (χ1v) is 7.46. The Labute approximate surface area is 140 Å². The number of carbonyl (C=O) groups is 1. The third-order valence-corrected chi connectivity index (χ3v) is 3.44. The fourth-order valence-corrected chi connectivity index (χ4v) is 2.21. The van der Waals surface area contributed by atoms with Crippen LogP contribution in [0.25, 0.3) is 0 Å². The summed E-state index contributed by atoms with van der Waals surface area (Å²) in [5.41, 5.74) is 2.13. The van der Waals surface area contributed by atoms with E-state index in [1.807, 2.05) is 13.0 Å². The molecule has 0 aromatic heterocycles. The Morgan fingerprint density at radius 3 is 2.78 bits per heavy atom. The summed E-state index contributed by atoms with van der Waals surface area (Å²) in [4.78, 5) is 12.0. The third kappa shape index (κ3) is 4.73. The van der Waals surface area contributed by atoms with E-state index >= 15 is 0 Å². The minimum Gasteiger partial charge on any atom is -0.479 e. The molecule has 2 aromatic rings. The lowest BCUT2D eigenvalue weighted by Gasteiger charge is -2.15. The van der Waals surface area contributed by atoms with E-state index in [9.17, 15) is 4.79 Å². The van der Waals surface area contributed by atoms with Crippen LogP contribution in [0, 0.1) is 18.3 Å². The maximum Gasteiger partial charge on any atom is 0.347 e. The summed E-state index contributed by atoms with van der Waals surface area (Å²) in [5, 5.41) is 9.46. The normalized spacial score (nSPS) is 11.4. The van der Waals surface area contributed by atoms with Gasteiger partial charge in [0.1, 0.15) is 12.4 Å². The maximum atomic E-state index is 12.0. The zero-order valence-corrected chi connectivity index (χ0v) is 13.6. The molecule has 5 heteroatoms. The summed E-state index contributed by atoms with van der Waals surface area (Å²) in [7, 11) is 0. The molecule has 2 rings (SSSR count). The molecule has 0 amide bonds.